The van der Waals surface area contributed by atoms with Gasteiger partial charge in [0.1, 0.15) is 12.4 Å². The molecule has 0 amide bonds. The number of nitrogens with zero attached hydrogens (tertiary/aromatic N) is 1. The van der Waals surface area contributed by atoms with Gasteiger partial charge in [0.15, 0.2) is 0 Å². The largest absolute Gasteiger partial charge is 0.492 e. The van der Waals surface area contributed by atoms with Crippen LogP contribution in [0.3, 0.4) is 0 Å². The normalized spacial score (nSPS) is 17.4. The number of ether oxygens (including phenoxy) is 1. The minimum atomic E-state index is -0.564. The Morgan fingerprint density at radius 3 is 2.52 bits per heavy atom. The molecular formula is C15H22N2O4. The van der Waals surface area contributed by atoms with Crippen LogP contribution in [0.25, 0.3) is 0 Å². The second kappa shape index (κ2) is 7.38. The third-order valence-electron chi connectivity index (χ3n) is 3.83. The molecule has 0 bridgehead atoms. The standard InChI is InChI=1S/C15H22N2O4/c18-15(8-2-1-3-9-15)12-16-10-11-21-14-6-4-13(5-7-14)17(19)20/h4-7,16,18H,1-3,8-12H2. The molecule has 6 nitrogen and oxygen atoms in total. The van der Waals surface area contributed by atoms with Crippen LogP contribution in [-0.4, -0.2) is 35.3 Å². The van der Waals surface area contributed by atoms with Crippen LogP contribution < -0.4 is 10.1 Å². The highest BCUT2D eigenvalue weighted by atomic mass is 16.6. The Hall–Kier alpha value is -1.66. The van der Waals surface area contributed by atoms with Crippen LogP contribution in [-0.2, 0) is 0 Å². The molecule has 21 heavy (non-hydrogen) atoms. The van der Waals surface area contributed by atoms with E-state index in [9.17, 15) is 15.2 Å². The van der Waals surface area contributed by atoms with Crippen molar-refractivity contribution in [3.05, 3.63) is 34.4 Å². The minimum Gasteiger partial charge on any atom is -0.492 e. The monoisotopic (exact) mass is 294 g/mol. The van der Waals surface area contributed by atoms with Crippen molar-refractivity contribution in [2.24, 2.45) is 0 Å². The number of nitro benzene ring substituents is 1. The van der Waals surface area contributed by atoms with Crippen LogP contribution in [0, 0.1) is 10.1 Å². The zero-order chi connectivity index (χ0) is 15.1. The quantitative estimate of drug-likeness (QED) is 0.458. The van der Waals surface area contributed by atoms with Crippen molar-refractivity contribution < 1.29 is 14.8 Å². The summed E-state index contributed by atoms with van der Waals surface area (Å²) in [5, 5.41) is 24.0. The maximum absolute atomic E-state index is 10.5. The number of rotatable bonds is 7. The summed E-state index contributed by atoms with van der Waals surface area (Å²) < 4.78 is 5.50. The SMILES string of the molecule is O=[N+]([O-])c1ccc(OCCNCC2(O)CCCCC2)cc1. The third-order valence-corrected chi connectivity index (χ3v) is 3.83. The first-order chi connectivity index (χ1) is 10.1. The topological polar surface area (TPSA) is 84.6 Å². The molecule has 0 radical (unpaired) electrons. The van der Waals surface area contributed by atoms with E-state index >= 15 is 0 Å². The molecule has 0 spiro atoms. The maximum Gasteiger partial charge on any atom is 0.269 e. The Labute approximate surface area is 124 Å². The van der Waals surface area contributed by atoms with Crippen molar-refractivity contribution in [1.82, 2.24) is 5.32 Å². The van der Waals surface area contributed by atoms with Gasteiger partial charge in [-0.3, -0.25) is 10.1 Å². The first kappa shape index (κ1) is 15.7. The van der Waals surface area contributed by atoms with Crippen molar-refractivity contribution in [3.63, 3.8) is 0 Å². The number of hydrogen-bond acceptors (Lipinski definition) is 5. The van der Waals surface area contributed by atoms with Crippen molar-refractivity contribution in [2.45, 2.75) is 37.7 Å². The molecule has 1 aliphatic rings. The predicted molar refractivity (Wildman–Crippen MR) is 79.5 cm³/mol. The number of non-ortho nitro benzene ring substituents is 1. The summed E-state index contributed by atoms with van der Waals surface area (Å²) >= 11 is 0. The molecule has 1 aromatic carbocycles. The summed E-state index contributed by atoms with van der Waals surface area (Å²) in [5.41, 5.74) is -0.508. The van der Waals surface area contributed by atoms with E-state index in [1.165, 1.54) is 18.6 Å². The van der Waals surface area contributed by atoms with Gasteiger partial charge in [-0.25, -0.2) is 0 Å². The highest BCUT2D eigenvalue weighted by Crippen LogP contribution is 2.27. The summed E-state index contributed by atoms with van der Waals surface area (Å²) in [5.74, 6) is 0.610. The van der Waals surface area contributed by atoms with Crippen LogP contribution in [0.4, 0.5) is 5.69 Å². The fourth-order valence-corrected chi connectivity index (χ4v) is 2.61. The molecule has 0 heterocycles. The molecule has 0 atom stereocenters. The van der Waals surface area contributed by atoms with E-state index < -0.39 is 10.5 Å². The van der Waals surface area contributed by atoms with Gasteiger partial charge in [0.25, 0.3) is 5.69 Å². The molecule has 0 aromatic heterocycles. The second-order valence-electron chi connectivity index (χ2n) is 5.56. The van der Waals surface area contributed by atoms with Gasteiger partial charge < -0.3 is 15.2 Å². The first-order valence-corrected chi connectivity index (χ1v) is 7.39. The van der Waals surface area contributed by atoms with Crippen LogP contribution in [0.5, 0.6) is 5.75 Å². The summed E-state index contributed by atoms with van der Waals surface area (Å²) in [6.45, 7) is 1.70. The smallest absolute Gasteiger partial charge is 0.269 e. The number of aliphatic hydroxyl groups is 1. The van der Waals surface area contributed by atoms with Crippen molar-refractivity contribution in [2.75, 3.05) is 19.7 Å². The highest BCUT2D eigenvalue weighted by molar-refractivity contribution is 5.35. The molecule has 1 saturated carbocycles. The summed E-state index contributed by atoms with van der Waals surface area (Å²) in [4.78, 5) is 10.1. The number of nitrogens with one attached hydrogen (secondary N) is 1. The van der Waals surface area contributed by atoms with E-state index in [2.05, 4.69) is 5.32 Å². The molecule has 2 N–H and O–H groups in total. The number of hydrogen-bond donors (Lipinski definition) is 2. The fraction of sp³-hybridized carbons (Fsp3) is 0.600. The lowest BCUT2D eigenvalue weighted by Gasteiger charge is -2.32. The summed E-state index contributed by atoms with van der Waals surface area (Å²) in [6, 6.07) is 6.03. The first-order valence-electron chi connectivity index (χ1n) is 7.39. The van der Waals surface area contributed by atoms with Gasteiger partial charge in [-0.2, -0.15) is 0 Å². The molecule has 1 fully saturated rings. The van der Waals surface area contributed by atoms with E-state index in [0.717, 1.165) is 25.7 Å². The third kappa shape index (κ3) is 4.99. The van der Waals surface area contributed by atoms with E-state index in [-0.39, 0.29) is 5.69 Å². The zero-order valence-corrected chi connectivity index (χ0v) is 12.1. The van der Waals surface area contributed by atoms with Crippen molar-refractivity contribution in [1.29, 1.82) is 0 Å². The van der Waals surface area contributed by atoms with Gasteiger partial charge in [-0.1, -0.05) is 19.3 Å². The average Bonchev–Trinajstić information content (AvgIpc) is 2.48. The summed E-state index contributed by atoms with van der Waals surface area (Å²) in [6.07, 6.45) is 5.13. The van der Waals surface area contributed by atoms with Crippen molar-refractivity contribution in [3.8, 4) is 5.75 Å². The Kier molecular flexibility index (Phi) is 5.52. The van der Waals surface area contributed by atoms with Crippen LogP contribution >= 0.6 is 0 Å². The van der Waals surface area contributed by atoms with Gasteiger partial charge in [0, 0.05) is 25.2 Å². The zero-order valence-electron chi connectivity index (χ0n) is 12.1. The van der Waals surface area contributed by atoms with E-state index in [4.69, 9.17) is 4.74 Å². The Morgan fingerprint density at radius 2 is 1.90 bits per heavy atom. The molecule has 1 aliphatic carbocycles. The van der Waals surface area contributed by atoms with E-state index in [0.29, 0.717) is 25.4 Å². The van der Waals surface area contributed by atoms with Crippen LogP contribution in [0.15, 0.2) is 24.3 Å². The van der Waals surface area contributed by atoms with Gasteiger partial charge in [-0.15, -0.1) is 0 Å². The van der Waals surface area contributed by atoms with Crippen LogP contribution in [0.2, 0.25) is 0 Å². The average molecular weight is 294 g/mol. The lowest BCUT2D eigenvalue weighted by atomic mass is 9.85. The predicted octanol–water partition coefficient (Wildman–Crippen LogP) is 2.26. The van der Waals surface area contributed by atoms with Crippen LogP contribution in [0.1, 0.15) is 32.1 Å². The summed E-state index contributed by atoms with van der Waals surface area (Å²) in [7, 11) is 0. The minimum absolute atomic E-state index is 0.0556. The molecule has 0 aliphatic heterocycles. The molecule has 1 aromatic rings. The molecule has 116 valence electrons. The van der Waals surface area contributed by atoms with Gasteiger partial charge in [-0.05, 0) is 25.0 Å². The lowest BCUT2D eigenvalue weighted by molar-refractivity contribution is -0.384. The van der Waals surface area contributed by atoms with Crippen molar-refractivity contribution >= 4 is 5.69 Å². The molecule has 0 unspecified atom stereocenters. The van der Waals surface area contributed by atoms with Gasteiger partial charge in [0.05, 0.1) is 10.5 Å². The Balaban J connectivity index is 1.64. The molecule has 6 heteroatoms. The second-order valence-corrected chi connectivity index (χ2v) is 5.56. The number of benzene rings is 1. The van der Waals surface area contributed by atoms with E-state index in [1.54, 1.807) is 12.1 Å². The lowest BCUT2D eigenvalue weighted by Crippen LogP contribution is -2.43. The fourth-order valence-electron chi connectivity index (χ4n) is 2.61. The molecular weight excluding hydrogens is 272 g/mol. The molecule has 2 rings (SSSR count). The number of nitro groups is 1. The van der Waals surface area contributed by atoms with Gasteiger partial charge >= 0.3 is 0 Å². The Morgan fingerprint density at radius 1 is 1.24 bits per heavy atom. The van der Waals surface area contributed by atoms with E-state index in [1.807, 2.05) is 0 Å². The Bertz CT molecular complexity index is 455. The maximum atomic E-state index is 10.5. The molecule has 0 saturated heterocycles. The van der Waals surface area contributed by atoms with Gasteiger partial charge in [0.2, 0.25) is 0 Å². The highest BCUT2D eigenvalue weighted by Gasteiger charge is 2.28.